The number of fused-ring (bicyclic) bond motifs is 3. The summed E-state index contributed by atoms with van der Waals surface area (Å²) >= 11 is 6.12. The molecule has 9 heteroatoms. The van der Waals surface area contributed by atoms with Crippen LogP contribution in [0.3, 0.4) is 0 Å². The number of rotatable bonds is 1. The van der Waals surface area contributed by atoms with Crippen molar-refractivity contribution in [2.45, 2.75) is 24.9 Å². The molecule has 5 nitrogen and oxygen atoms in total. The minimum Gasteiger partial charge on any atom is -0.458 e. The molecule has 0 amide bonds. The average molecular weight is 400 g/mol. The van der Waals surface area contributed by atoms with Crippen LogP contribution in [0.4, 0.5) is 13.2 Å². The number of benzene rings is 1. The summed E-state index contributed by atoms with van der Waals surface area (Å²) < 4.78 is 46.7. The first-order chi connectivity index (χ1) is 12.7. The van der Waals surface area contributed by atoms with Gasteiger partial charge in [0.2, 0.25) is 5.82 Å². The second kappa shape index (κ2) is 6.24. The first-order valence-electron chi connectivity index (χ1n) is 8.55. The highest BCUT2D eigenvalue weighted by Gasteiger charge is 2.38. The summed E-state index contributed by atoms with van der Waals surface area (Å²) in [6.07, 6.45) is -3.00. The maximum Gasteiger partial charge on any atom is 0.449 e. The smallest absolute Gasteiger partial charge is 0.449 e. The Balaban J connectivity index is 1.99. The number of piperidine rings is 1. The molecule has 0 atom stereocenters. The van der Waals surface area contributed by atoms with Crippen molar-refractivity contribution in [3.63, 3.8) is 0 Å². The Morgan fingerprint density at radius 2 is 1.89 bits per heavy atom. The molecule has 0 saturated carbocycles. The number of aromatic nitrogens is 2. The van der Waals surface area contributed by atoms with Gasteiger partial charge < -0.3 is 13.9 Å². The van der Waals surface area contributed by atoms with Crippen LogP contribution in [0.1, 0.15) is 30.3 Å². The molecular formula is C18H17ClF3N3O2. The topological polar surface area (TPSA) is 51.3 Å². The molecule has 3 heterocycles. The zero-order chi connectivity index (χ0) is 19.5. The number of alkyl halides is 3. The molecule has 1 saturated heterocycles. The van der Waals surface area contributed by atoms with Crippen molar-refractivity contribution < 1.29 is 17.6 Å². The normalized spacial score (nSPS) is 17.3. The lowest BCUT2D eigenvalue weighted by Crippen LogP contribution is -2.29. The molecular weight excluding hydrogens is 383 g/mol. The quantitative estimate of drug-likeness (QED) is 0.616. The third-order valence-corrected chi connectivity index (χ3v) is 5.47. The van der Waals surface area contributed by atoms with Crippen molar-refractivity contribution in [3.8, 4) is 0 Å². The van der Waals surface area contributed by atoms with Crippen molar-refractivity contribution in [2.75, 3.05) is 20.1 Å². The lowest BCUT2D eigenvalue weighted by atomic mass is 9.94. The highest BCUT2D eigenvalue weighted by molar-refractivity contribution is 6.36. The number of hydrogen-bond donors (Lipinski definition) is 0. The van der Waals surface area contributed by atoms with Gasteiger partial charge >= 0.3 is 6.18 Å². The van der Waals surface area contributed by atoms with Crippen LogP contribution in [0.2, 0.25) is 5.02 Å². The number of imidazole rings is 1. The largest absolute Gasteiger partial charge is 0.458 e. The Bertz CT molecular complexity index is 1100. The molecule has 0 radical (unpaired) electrons. The van der Waals surface area contributed by atoms with Crippen LogP contribution in [0.25, 0.3) is 22.0 Å². The first-order valence-corrected chi connectivity index (χ1v) is 8.93. The van der Waals surface area contributed by atoms with Crippen molar-refractivity contribution in [1.29, 1.82) is 0 Å². The van der Waals surface area contributed by atoms with Crippen molar-refractivity contribution in [3.05, 3.63) is 39.0 Å². The van der Waals surface area contributed by atoms with Gasteiger partial charge in [-0.2, -0.15) is 13.2 Å². The SMILES string of the molecule is CN1CCC(c2cc(=O)c3cc(Cl)c4nc(C(F)(F)F)n(C)c4c3o2)CC1. The number of halogens is 4. The fraction of sp³-hybridized carbons (Fsp3) is 0.444. The molecule has 2 aromatic heterocycles. The van der Waals surface area contributed by atoms with Crippen molar-refractivity contribution >= 4 is 33.6 Å². The maximum atomic E-state index is 13.3. The second-order valence-corrected chi connectivity index (χ2v) is 7.42. The van der Waals surface area contributed by atoms with E-state index in [1.165, 1.54) is 19.2 Å². The zero-order valence-electron chi connectivity index (χ0n) is 14.7. The van der Waals surface area contributed by atoms with Gasteiger partial charge in [0.05, 0.1) is 10.4 Å². The first kappa shape index (κ1) is 18.3. The van der Waals surface area contributed by atoms with Crippen LogP contribution in [0.5, 0.6) is 0 Å². The Hall–Kier alpha value is -2.06. The van der Waals surface area contributed by atoms with Gasteiger partial charge in [-0.05, 0) is 39.0 Å². The highest BCUT2D eigenvalue weighted by atomic mass is 35.5. The van der Waals surface area contributed by atoms with Gasteiger partial charge in [0, 0.05) is 19.0 Å². The minimum absolute atomic E-state index is 0.0112. The standard InChI is InChI=1S/C18H17ClF3N3O2/c1-24-5-3-9(4-6-24)13-8-12(26)10-7-11(19)14-15(16(10)27-13)25(2)17(23-14)18(20,21)22/h7-9H,3-6H2,1-2H3. The summed E-state index contributed by atoms with van der Waals surface area (Å²) in [4.78, 5) is 18.5. The summed E-state index contributed by atoms with van der Waals surface area (Å²) in [5.41, 5.74) is -0.163. The van der Waals surface area contributed by atoms with Crippen LogP contribution in [-0.4, -0.2) is 34.6 Å². The third kappa shape index (κ3) is 3.00. The van der Waals surface area contributed by atoms with Crippen LogP contribution in [0, 0.1) is 0 Å². The summed E-state index contributed by atoms with van der Waals surface area (Å²) in [5, 5.41) is 0.142. The Morgan fingerprint density at radius 1 is 1.22 bits per heavy atom. The average Bonchev–Trinajstić information content (AvgIpc) is 2.95. The molecule has 0 spiro atoms. The van der Waals surface area contributed by atoms with Crippen LogP contribution >= 0.6 is 11.6 Å². The van der Waals surface area contributed by atoms with Crippen LogP contribution in [0.15, 0.2) is 21.3 Å². The maximum absolute atomic E-state index is 13.3. The summed E-state index contributed by atoms with van der Waals surface area (Å²) in [5.74, 6) is -0.530. The molecule has 0 N–H and O–H groups in total. The van der Waals surface area contributed by atoms with E-state index in [2.05, 4.69) is 9.88 Å². The van der Waals surface area contributed by atoms with E-state index in [-0.39, 0.29) is 38.4 Å². The predicted octanol–water partition coefficient (Wildman–Crippen LogP) is 4.16. The minimum atomic E-state index is -4.64. The van der Waals surface area contributed by atoms with E-state index in [9.17, 15) is 18.0 Å². The van der Waals surface area contributed by atoms with Gasteiger partial charge in [-0.1, -0.05) is 11.6 Å². The van der Waals surface area contributed by atoms with Gasteiger partial charge in [0.25, 0.3) is 0 Å². The lowest BCUT2D eigenvalue weighted by molar-refractivity contribution is -0.146. The van der Waals surface area contributed by atoms with E-state index in [4.69, 9.17) is 16.0 Å². The molecule has 0 aliphatic carbocycles. The fourth-order valence-electron chi connectivity index (χ4n) is 3.70. The molecule has 1 aliphatic rings. The van der Waals surface area contributed by atoms with E-state index < -0.39 is 12.0 Å². The predicted molar refractivity (Wildman–Crippen MR) is 96.2 cm³/mol. The molecule has 144 valence electrons. The van der Waals surface area contributed by atoms with Crippen LogP contribution < -0.4 is 5.43 Å². The Kier molecular flexibility index (Phi) is 4.23. The molecule has 1 aliphatic heterocycles. The van der Waals surface area contributed by atoms with Gasteiger partial charge in [-0.25, -0.2) is 4.98 Å². The number of hydrogen-bond acceptors (Lipinski definition) is 4. The number of nitrogens with zero attached hydrogens (tertiary/aromatic N) is 3. The summed E-state index contributed by atoms with van der Waals surface area (Å²) in [6.45, 7) is 1.73. The van der Waals surface area contributed by atoms with Gasteiger partial charge in [0.15, 0.2) is 11.0 Å². The van der Waals surface area contributed by atoms with Crippen molar-refractivity contribution in [1.82, 2.24) is 14.5 Å². The van der Waals surface area contributed by atoms with Crippen molar-refractivity contribution in [2.24, 2.45) is 7.05 Å². The van der Waals surface area contributed by atoms with Crippen LogP contribution in [-0.2, 0) is 13.2 Å². The van der Waals surface area contributed by atoms with Gasteiger partial charge in [-0.3, -0.25) is 4.79 Å². The zero-order valence-corrected chi connectivity index (χ0v) is 15.5. The molecule has 1 fully saturated rings. The molecule has 1 aromatic carbocycles. The van der Waals surface area contributed by atoms with E-state index >= 15 is 0 Å². The van der Waals surface area contributed by atoms with E-state index in [0.717, 1.165) is 30.5 Å². The van der Waals surface area contributed by atoms with E-state index in [0.29, 0.717) is 5.76 Å². The highest BCUT2D eigenvalue weighted by Crippen LogP contribution is 2.37. The molecule has 27 heavy (non-hydrogen) atoms. The Labute approximate surface area is 157 Å². The Morgan fingerprint density at radius 3 is 2.52 bits per heavy atom. The molecule has 3 aromatic rings. The van der Waals surface area contributed by atoms with Gasteiger partial charge in [0.1, 0.15) is 16.8 Å². The summed E-state index contributed by atoms with van der Waals surface area (Å²) in [7, 11) is 3.27. The van der Waals surface area contributed by atoms with E-state index in [1.54, 1.807) is 0 Å². The lowest BCUT2D eigenvalue weighted by Gasteiger charge is -2.28. The summed E-state index contributed by atoms with van der Waals surface area (Å²) in [6, 6.07) is 2.76. The monoisotopic (exact) mass is 399 g/mol. The third-order valence-electron chi connectivity index (χ3n) is 5.19. The molecule has 0 unspecified atom stereocenters. The van der Waals surface area contributed by atoms with Gasteiger partial charge in [-0.15, -0.1) is 0 Å². The molecule has 0 bridgehead atoms. The molecule has 4 rings (SSSR count). The number of aryl methyl sites for hydroxylation is 1. The second-order valence-electron chi connectivity index (χ2n) is 7.02. The number of likely N-dealkylation sites (tertiary alicyclic amines) is 1. The van der Waals surface area contributed by atoms with E-state index in [1.807, 2.05) is 7.05 Å². The fourth-order valence-corrected chi connectivity index (χ4v) is 3.94.